The molecule has 0 aliphatic heterocycles. The molecule has 5 heteroatoms. The van der Waals surface area contributed by atoms with Crippen molar-refractivity contribution >= 4 is 19.7 Å². The summed E-state index contributed by atoms with van der Waals surface area (Å²) < 4.78 is 4.80. The van der Waals surface area contributed by atoms with Crippen LogP contribution in [0.3, 0.4) is 0 Å². The Morgan fingerprint density at radius 1 is 1.70 bits per heavy atom. The zero-order valence-electron chi connectivity index (χ0n) is 6.03. The molecule has 0 aliphatic carbocycles. The number of aliphatic hydroxyl groups excluding tert-OH is 1. The molecule has 0 spiro atoms. The fraction of sp³-hybridized carbons (Fsp3) is 1.00. The second-order valence-electron chi connectivity index (χ2n) is 2.14. The highest BCUT2D eigenvalue weighted by Crippen LogP contribution is 2.08. The molecular weight excluding hydrogens is 151 g/mol. The number of thiol groups is 1. The summed E-state index contributed by atoms with van der Waals surface area (Å²) in [6.07, 6.45) is 0. The summed E-state index contributed by atoms with van der Waals surface area (Å²) >= 11 is 3.97. The van der Waals surface area contributed by atoms with Gasteiger partial charge in [-0.3, -0.25) is 0 Å². The Labute approximate surface area is 66.9 Å². The highest BCUT2D eigenvalue weighted by molar-refractivity contribution is 7.80. The SMILES string of the molecule is CC(CS)B(O)OCCO. The Bertz CT molecular complexity index is 83.3. The zero-order chi connectivity index (χ0) is 7.98. The second kappa shape index (κ2) is 6.03. The average Bonchev–Trinajstić information content (AvgIpc) is 1.98. The summed E-state index contributed by atoms with van der Waals surface area (Å²) in [5, 5.41) is 17.4. The minimum atomic E-state index is -0.801. The smallest absolute Gasteiger partial charge is 0.427 e. The average molecular weight is 164 g/mol. The van der Waals surface area contributed by atoms with Crippen molar-refractivity contribution in [2.24, 2.45) is 0 Å². The fourth-order valence-corrected chi connectivity index (χ4v) is 0.608. The first-order chi connectivity index (χ1) is 4.72. The summed E-state index contributed by atoms with van der Waals surface area (Å²) in [5.74, 6) is 0.585. The monoisotopic (exact) mass is 164 g/mol. The Morgan fingerprint density at radius 2 is 2.30 bits per heavy atom. The molecule has 0 bridgehead atoms. The summed E-state index contributed by atoms with van der Waals surface area (Å²) in [7, 11) is -0.801. The molecule has 0 saturated heterocycles. The van der Waals surface area contributed by atoms with Crippen LogP contribution in [0, 0.1) is 0 Å². The first-order valence-corrected chi connectivity index (χ1v) is 3.87. The topological polar surface area (TPSA) is 49.7 Å². The molecule has 3 nitrogen and oxygen atoms in total. The molecule has 0 radical (unpaired) electrons. The minimum absolute atomic E-state index is 0.00915. The summed E-state index contributed by atoms with van der Waals surface area (Å²) in [5.41, 5.74) is 0. The molecule has 0 aromatic carbocycles. The van der Waals surface area contributed by atoms with Crippen molar-refractivity contribution in [1.29, 1.82) is 0 Å². The highest BCUT2D eigenvalue weighted by Gasteiger charge is 2.20. The zero-order valence-corrected chi connectivity index (χ0v) is 6.92. The lowest BCUT2D eigenvalue weighted by atomic mass is 9.75. The van der Waals surface area contributed by atoms with Crippen LogP contribution in [0.1, 0.15) is 6.92 Å². The molecule has 0 aromatic rings. The summed E-state index contributed by atoms with van der Waals surface area (Å²) in [4.78, 5) is 0. The van der Waals surface area contributed by atoms with E-state index in [1.807, 2.05) is 6.92 Å². The third kappa shape index (κ3) is 4.16. The molecule has 10 heavy (non-hydrogen) atoms. The molecule has 0 aromatic heterocycles. The van der Waals surface area contributed by atoms with Crippen molar-refractivity contribution in [2.75, 3.05) is 19.0 Å². The van der Waals surface area contributed by atoms with Crippen LogP contribution in [0.5, 0.6) is 0 Å². The molecule has 1 atom stereocenters. The van der Waals surface area contributed by atoms with Gasteiger partial charge in [-0.1, -0.05) is 6.92 Å². The molecule has 2 N–H and O–H groups in total. The molecule has 0 saturated carbocycles. The van der Waals surface area contributed by atoms with E-state index in [-0.39, 0.29) is 19.0 Å². The predicted octanol–water partition coefficient (Wildman–Crippen LogP) is -0.204. The van der Waals surface area contributed by atoms with E-state index in [0.717, 1.165) is 0 Å². The second-order valence-corrected chi connectivity index (χ2v) is 2.51. The van der Waals surface area contributed by atoms with Crippen LogP contribution < -0.4 is 0 Å². The molecule has 0 fully saturated rings. The normalized spacial score (nSPS) is 13.2. The molecule has 1 unspecified atom stereocenters. The van der Waals surface area contributed by atoms with Crippen LogP contribution in [-0.2, 0) is 4.65 Å². The maximum absolute atomic E-state index is 9.07. The van der Waals surface area contributed by atoms with Crippen LogP contribution in [0.2, 0.25) is 5.82 Å². The lowest BCUT2D eigenvalue weighted by Gasteiger charge is -2.11. The van der Waals surface area contributed by atoms with Gasteiger partial charge >= 0.3 is 7.12 Å². The molecule has 0 rings (SSSR count). The highest BCUT2D eigenvalue weighted by atomic mass is 32.1. The van der Waals surface area contributed by atoms with Crippen molar-refractivity contribution in [2.45, 2.75) is 12.7 Å². The molecule has 0 heterocycles. The maximum atomic E-state index is 9.07. The largest absolute Gasteiger partial charge is 0.458 e. The van der Waals surface area contributed by atoms with Crippen LogP contribution in [-0.4, -0.2) is 36.2 Å². The third-order valence-corrected chi connectivity index (χ3v) is 1.73. The van der Waals surface area contributed by atoms with E-state index >= 15 is 0 Å². The first kappa shape index (κ1) is 10.3. The van der Waals surface area contributed by atoms with Crippen molar-refractivity contribution in [3.8, 4) is 0 Å². The van der Waals surface area contributed by atoms with E-state index in [1.165, 1.54) is 0 Å². The molecule has 0 aliphatic rings. The third-order valence-electron chi connectivity index (χ3n) is 1.15. The number of hydrogen-bond donors (Lipinski definition) is 3. The van der Waals surface area contributed by atoms with Crippen LogP contribution >= 0.6 is 12.6 Å². The van der Waals surface area contributed by atoms with Crippen molar-refractivity contribution in [1.82, 2.24) is 0 Å². The molecule has 0 amide bonds. The summed E-state index contributed by atoms with van der Waals surface area (Å²) in [6, 6.07) is 0. The Balaban J connectivity index is 3.31. The predicted molar refractivity (Wildman–Crippen MR) is 44.3 cm³/mol. The maximum Gasteiger partial charge on any atom is 0.458 e. The van der Waals surface area contributed by atoms with Gasteiger partial charge in [-0.2, -0.15) is 12.6 Å². The van der Waals surface area contributed by atoms with Crippen molar-refractivity contribution in [3.63, 3.8) is 0 Å². The van der Waals surface area contributed by atoms with E-state index in [9.17, 15) is 0 Å². The Hall–Kier alpha value is 0.295. The van der Waals surface area contributed by atoms with Crippen LogP contribution in [0.25, 0.3) is 0 Å². The van der Waals surface area contributed by atoms with E-state index < -0.39 is 7.12 Å². The van der Waals surface area contributed by atoms with Gasteiger partial charge < -0.3 is 14.8 Å². The van der Waals surface area contributed by atoms with Gasteiger partial charge in [-0.05, 0) is 11.6 Å². The standard InChI is InChI=1S/C5H13BO3S/c1-5(4-10)6(8)9-3-2-7/h5,7-8,10H,2-4H2,1H3. The van der Waals surface area contributed by atoms with Gasteiger partial charge in [-0.25, -0.2) is 0 Å². The van der Waals surface area contributed by atoms with Gasteiger partial charge in [0.05, 0.1) is 13.2 Å². The Kier molecular flexibility index (Phi) is 6.21. The molecular formula is C5H13BO3S. The fourth-order valence-electron chi connectivity index (χ4n) is 0.428. The lowest BCUT2D eigenvalue weighted by molar-refractivity contribution is 0.175. The van der Waals surface area contributed by atoms with Gasteiger partial charge in [0.25, 0.3) is 0 Å². The van der Waals surface area contributed by atoms with Crippen LogP contribution in [0.4, 0.5) is 0 Å². The van der Waals surface area contributed by atoms with Gasteiger partial charge in [-0.15, -0.1) is 0 Å². The minimum Gasteiger partial charge on any atom is -0.427 e. The number of rotatable bonds is 5. The number of aliphatic hydroxyl groups is 1. The Morgan fingerprint density at radius 3 is 2.70 bits per heavy atom. The molecule has 60 valence electrons. The van der Waals surface area contributed by atoms with Crippen molar-refractivity contribution < 1.29 is 14.8 Å². The first-order valence-electron chi connectivity index (χ1n) is 3.23. The van der Waals surface area contributed by atoms with Gasteiger partial charge in [0.2, 0.25) is 0 Å². The van der Waals surface area contributed by atoms with Crippen molar-refractivity contribution in [3.05, 3.63) is 0 Å². The van der Waals surface area contributed by atoms with Gasteiger partial charge in [0.15, 0.2) is 0 Å². The van der Waals surface area contributed by atoms with E-state index in [1.54, 1.807) is 0 Å². The lowest BCUT2D eigenvalue weighted by Crippen LogP contribution is -2.25. The van der Waals surface area contributed by atoms with E-state index in [2.05, 4.69) is 12.6 Å². The quantitative estimate of drug-likeness (QED) is 0.389. The summed E-state index contributed by atoms with van der Waals surface area (Å²) in [6.45, 7) is 1.95. The van der Waals surface area contributed by atoms with E-state index in [0.29, 0.717) is 5.75 Å². The number of hydrogen-bond acceptors (Lipinski definition) is 4. The van der Waals surface area contributed by atoms with Gasteiger partial charge in [0.1, 0.15) is 0 Å². The van der Waals surface area contributed by atoms with Gasteiger partial charge in [0, 0.05) is 0 Å². The van der Waals surface area contributed by atoms with E-state index in [4.69, 9.17) is 14.8 Å². The van der Waals surface area contributed by atoms with Crippen LogP contribution in [0.15, 0.2) is 0 Å².